The topological polar surface area (TPSA) is 79.5 Å². The zero-order valence-corrected chi connectivity index (χ0v) is 19.9. The first-order valence-corrected chi connectivity index (χ1v) is 10.2. The highest BCUT2D eigenvalue weighted by Crippen LogP contribution is 2.49. The third-order valence-corrected chi connectivity index (χ3v) is 5.50. The minimum atomic E-state index is -0.472. The summed E-state index contributed by atoms with van der Waals surface area (Å²) in [5, 5.41) is 6.33. The lowest BCUT2D eigenvalue weighted by molar-refractivity contribution is -0.121. The van der Waals surface area contributed by atoms with Crippen LogP contribution in [0, 0.1) is 17.6 Å². The standard InChI is InChI=1S/C23H28F2N4O.HI/c1-2-27-22(29-15-23(11-12-23)19-5-3-4-6-20(19)25)28-14-17(21(26)30)13-16-7-9-18(24)10-8-16;/h3-10,17H,2,11-15H2,1H3,(H2,26,30)(H2,27,28,29);1H. The molecule has 8 heteroatoms. The molecule has 3 rings (SSSR count). The number of carbonyl (C=O) groups excluding carboxylic acids is 1. The fourth-order valence-corrected chi connectivity index (χ4v) is 3.53. The molecular formula is C23H29F2IN4O. The lowest BCUT2D eigenvalue weighted by atomic mass is 9.95. The number of amides is 1. The van der Waals surface area contributed by atoms with Gasteiger partial charge in [-0.3, -0.25) is 9.79 Å². The predicted octanol–water partition coefficient (Wildman–Crippen LogP) is 3.51. The number of nitrogens with two attached hydrogens (primary N) is 1. The van der Waals surface area contributed by atoms with Gasteiger partial charge in [-0.2, -0.15) is 0 Å². The Hall–Kier alpha value is -2.23. The van der Waals surface area contributed by atoms with E-state index < -0.39 is 11.8 Å². The highest BCUT2D eigenvalue weighted by atomic mass is 127. The minimum absolute atomic E-state index is 0. The van der Waals surface area contributed by atoms with E-state index >= 15 is 0 Å². The van der Waals surface area contributed by atoms with Crippen molar-refractivity contribution in [3.05, 3.63) is 71.3 Å². The number of guanidine groups is 1. The summed E-state index contributed by atoms with van der Waals surface area (Å²) < 4.78 is 27.3. The molecule has 1 fully saturated rings. The lowest BCUT2D eigenvalue weighted by Crippen LogP contribution is -2.43. The number of rotatable bonds is 9. The zero-order valence-electron chi connectivity index (χ0n) is 17.5. The molecule has 0 aliphatic heterocycles. The van der Waals surface area contributed by atoms with Crippen molar-refractivity contribution in [1.82, 2.24) is 10.6 Å². The summed E-state index contributed by atoms with van der Waals surface area (Å²) in [7, 11) is 0. The molecule has 1 atom stereocenters. The van der Waals surface area contributed by atoms with Crippen molar-refractivity contribution in [2.75, 3.05) is 19.6 Å². The highest BCUT2D eigenvalue weighted by molar-refractivity contribution is 14.0. The van der Waals surface area contributed by atoms with Crippen molar-refractivity contribution in [3.8, 4) is 0 Å². The molecule has 0 heterocycles. The number of nitrogens with zero attached hydrogens (tertiary/aromatic N) is 1. The maximum atomic E-state index is 14.2. The van der Waals surface area contributed by atoms with Crippen LogP contribution in [0.5, 0.6) is 0 Å². The van der Waals surface area contributed by atoms with Crippen molar-refractivity contribution < 1.29 is 13.6 Å². The quantitative estimate of drug-likeness (QED) is 0.258. The van der Waals surface area contributed by atoms with Crippen molar-refractivity contribution in [1.29, 1.82) is 0 Å². The maximum absolute atomic E-state index is 14.2. The molecule has 4 N–H and O–H groups in total. The fraction of sp³-hybridized carbons (Fsp3) is 0.391. The molecule has 2 aromatic rings. The summed E-state index contributed by atoms with van der Waals surface area (Å²) in [6.45, 7) is 3.36. The van der Waals surface area contributed by atoms with Crippen molar-refractivity contribution in [2.24, 2.45) is 16.6 Å². The molecule has 168 valence electrons. The Morgan fingerprint density at radius 1 is 1.13 bits per heavy atom. The molecule has 1 unspecified atom stereocenters. The van der Waals surface area contributed by atoms with Gasteiger partial charge >= 0.3 is 0 Å². The van der Waals surface area contributed by atoms with Crippen LogP contribution in [0.4, 0.5) is 8.78 Å². The molecular weight excluding hydrogens is 513 g/mol. The minimum Gasteiger partial charge on any atom is -0.369 e. The van der Waals surface area contributed by atoms with E-state index in [0.717, 1.165) is 18.4 Å². The fourth-order valence-electron chi connectivity index (χ4n) is 3.53. The van der Waals surface area contributed by atoms with Gasteiger partial charge in [0.1, 0.15) is 11.6 Å². The number of benzene rings is 2. The van der Waals surface area contributed by atoms with E-state index in [1.54, 1.807) is 18.2 Å². The first-order chi connectivity index (χ1) is 14.4. The second kappa shape index (κ2) is 11.4. The van der Waals surface area contributed by atoms with E-state index in [-0.39, 0.29) is 41.0 Å². The molecule has 2 aromatic carbocycles. The number of nitrogens with one attached hydrogen (secondary N) is 2. The van der Waals surface area contributed by atoms with Crippen molar-refractivity contribution in [3.63, 3.8) is 0 Å². The van der Waals surface area contributed by atoms with Crippen LogP contribution in [0.2, 0.25) is 0 Å². The average molecular weight is 542 g/mol. The summed E-state index contributed by atoms with van der Waals surface area (Å²) in [5.41, 5.74) is 6.84. The van der Waals surface area contributed by atoms with Gasteiger partial charge in [-0.1, -0.05) is 30.3 Å². The smallest absolute Gasteiger partial charge is 0.222 e. The Morgan fingerprint density at radius 2 is 1.81 bits per heavy atom. The summed E-state index contributed by atoms with van der Waals surface area (Å²) in [4.78, 5) is 16.5. The van der Waals surface area contributed by atoms with Crippen LogP contribution in [-0.4, -0.2) is 31.5 Å². The van der Waals surface area contributed by atoms with Crippen LogP contribution in [0.3, 0.4) is 0 Å². The van der Waals surface area contributed by atoms with E-state index in [9.17, 15) is 13.6 Å². The van der Waals surface area contributed by atoms with E-state index in [1.165, 1.54) is 18.2 Å². The zero-order chi connectivity index (χ0) is 21.6. The largest absolute Gasteiger partial charge is 0.369 e. The van der Waals surface area contributed by atoms with Gasteiger partial charge in [-0.05, 0) is 55.5 Å². The second-order valence-electron chi connectivity index (χ2n) is 7.77. The summed E-state index contributed by atoms with van der Waals surface area (Å²) in [6.07, 6.45) is 2.19. The summed E-state index contributed by atoms with van der Waals surface area (Å²) in [5.74, 6) is -0.867. The molecule has 31 heavy (non-hydrogen) atoms. The maximum Gasteiger partial charge on any atom is 0.222 e. The third kappa shape index (κ3) is 6.88. The number of primary amides is 1. The first-order valence-electron chi connectivity index (χ1n) is 10.2. The van der Waals surface area contributed by atoms with Crippen LogP contribution < -0.4 is 16.4 Å². The van der Waals surface area contributed by atoms with Crippen LogP contribution in [0.25, 0.3) is 0 Å². The number of hydrogen-bond donors (Lipinski definition) is 3. The second-order valence-corrected chi connectivity index (χ2v) is 7.77. The molecule has 1 amide bonds. The van der Waals surface area contributed by atoms with Gasteiger partial charge < -0.3 is 16.4 Å². The van der Waals surface area contributed by atoms with E-state index in [1.807, 2.05) is 19.1 Å². The molecule has 0 radical (unpaired) electrons. The average Bonchev–Trinajstić information content (AvgIpc) is 3.51. The van der Waals surface area contributed by atoms with Gasteiger partial charge in [0.2, 0.25) is 5.91 Å². The molecule has 1 aliphatic rings. The first kappa shape index (κ1) is 25.0. The van der Waals surface area contributed by atoms with Gasteiger partial charge in [0.15, 0.2) is 5.96 Å². The Morgan fingerprint density at radius 3 is 2.39 bits per heavy atom. The monoisotopic (exact) mass is 542 g/mol. The molecule has 1 saturated carbocycles. The normalized spacial score (nSPS) is 15.5. The number of aliphatic imine (C=N–C) groups is 1. The number of halogens is 3. The Labute approximate surface area is 198 Å². The molecule has 5 nitrogen and oxygen atoms in total. The molecule has 0 spiro atoms. The van der Waals surface area contributed by atoms with Gasteiger partial charge in [-0.25, -0.2) is 8.78 Å². The summed E-state index contributed by atoms with van der Waals surface area (Å²) in [6, 6.07) is 12.9. The van der Waals surface area contributed by atoms with Crippen LogP contribution in [-0.2, 0) is 16.6 Å². The molecule has 0 saturated heterocycles. The van der Waals surface area contributed by atoms with Crippen LogP contribution in [0.1, 0.15) is 30.9 Å². The Kier molecular flexibility index (Phi) is 9.21. The number of carbonyl (C=O) groups is 1. The van der Waals surface area contributed by atoms with Gasteiger partial charge in [0.05, 0.1) is 12.5 Å². The Bertz CT molecular complexity index is 901. The van der Waals surface area contributed by atoms with Crippen LogP contribution >= 0.6 is 24.0 Å². The number of hydrogen-bond acceptors (Lipinski definition) is 2. The van der Waals surface area contributed by atoms with Gasteiger partial charge in [0, 0.05) is 18.5 Å². The van der Waals surface area contributed by atoms with Gasteiger partial charge in [-0.15, -0.1) is 24.0 Å². The Balaban J connectivity index is 0.00000341. The SMILES string of the molecule is CCNC(=NCC1(c2ccccc2F)CC1)NCC(Cc1ccc(F)cc1)C(N)=O.I. The van der Waals surface area contributed by atoms with Gasteiger partial charge in [0.25, 0.3) is 0 Å². The summed E-state index contributed by atoms with van der Waals surface area (Å²) >= 11 is 0. The van der Waals surface area contributed by atoms with Crippen molar-refractivity contribution in [2.45, 2.75) is 31.6 Å². The van der Waals surface area contributed by atoms with E-state index in [0.29, 0.717) is 37.6 Å². The molecule has 1 aliphatic carbocycles. The highest BCUT2D eigenvalue weighted by Gasteiger charge is 2.45. The molecule has 0 aromatic heterocycles. The van der Waals surface area contributed by atoms with E-state index in [2.05, 4.69) is 15.6 Å². The van der Waals surface area contributed by atoms with Crippen LogP contribution in [0.15, 0.2) is 53.5 Å². The molecule has 0 bridgehead atoms. The predicted molar refractivity (Wildman–Crippen MR) is 129 cm³/mol. The third-order valence-electron chi connectivity index (χ3n) is 5.50. The lowest BCUT2D eigenvalue weighted by Gasteiger charge is -2.19. The van der Waals surface area contributed by atoms with Crippen molar-refractivity contribution >= 4 is 35.8 Å². The van der Waals surface area contributed by atoms with E-state index in [4.69, 9.17) is 5.73 Å².